The van der Waals surface area contributed by atoms with Crippen LogP contribution in [0.5, 0.6) is 5.75 Å². The number of phenols is 1. The monoisotopic (exact) mass is 275 g/mol. The molecule has 1 saturated heterocycles. The topological polar surface area (TPSA) is 87.1 Å². The summed E-state index contributed by atoms with van der Waals surface area (Å²) in [5.74, 6) is 0.332. The van der Waals surface area contributed by atoms with E-state index in [4.69, 9.17) is 0 Å². The van der Waals surface area contributed by atoms with Gasteiger partial charge >= 0.3 is 5.69 Å². The van der Waals surface area contributed by atoms with Crippen LogP contribution in [-0.4, -0.2) is 27.7 Å². The van der Waals surface area contributed by atoms with Crippen LogP contribution in [0.15, 0.2) is 27.8 Å². The molecule has 1 fully saturated rings. The van der Waals surface area contributed by atoms with E-state index in [9.17, 15) is 14.7 Å². The van der Waals surface area contributed by atoms with E-state index in [1.807, 2.05) is 0 Å². The molecule has 106 valence electrons. The predicted octanol–water partition coefficient (Wildman–Crippen LogP) is 0.395. The molecule has 3 N–H and O–H groups in total. The Labute approximate surface area is 115 Å². The van der Waals surface area contributed by atoms with E-state index < -0.39 is 5.69 Å². The van der Waals surface area contributed by atoms with Gasteiger partial charge in [-0.3, -0.25) is 9.36 Å². The average molecular weight is 275 g/mol. The Balaban J connectivity index is 2.04. The van der Waals surface area contributed by atoms with Gasteiger partial charge in [-0.15, -0.1) is 0 Å². The Hall–Kier alpha value is -2.08. The summed E-state index contributed by atoms with van der Waals surface area (Å²) in [4.78, 5) is 27.1. The standard InChI is InChI=1S/C14H17N3O3/c18-10-3-4-11-12(6-10)16-14(20)17(13(11)19)8-9-2-1-5-15-7-9/h3-4,6,9,15,18H,1-2,5,7-8H2,(H,16,20). The molecule has 1 aromatic carbocycles. The summed E-state index contributed by atoms with van der Waals surface area (Å²) in [6.45, 7) is 2.26. The highest BCUT2D eigenvalue weighted by molar-refractivity contribution is 5.78. The Morgan fingerprint density at radius 2 is 2.20 bits per heavy atom. The first-order valence-corrected chi connectivity index (χ1v) is 6.82. The van der Waals surface area contributed by atoms with Crippen LogP contribution in [0.3, 0.4) is 0 Å². The third-order valence-corrected chi connectivity index (χ3v) is 3.81. The molecule has 1 aliphatic heterocycles. The average Bonchev–Trinajstić information content (AvgIpc) is 2.44. The van der Waals surface area contributed by atoms with Gasteiger partial charge in [-0.1, -0.05) is 0 Å². The molecule has 0 amide bonds. The summed E-state index contributed by atoms with van der Waals surface area (Å²) in [6, 6.07) is 4.39. The van der Waals surface area contributed by atoms with Crippen molar-refractivity contribution in [1.82, 2.24) is 14.9 Å². The van der Waals surface area contributed by atoms with Crippen molar-refractivity contribution in [3.63, 3.8) is 0 Å². The number of fused-ring (bicyclic) bond motifs is 1. The molecule has 2 aromatic rings. The van der Waals surface area contributed by atoms with Crippen LogP contribution < -0.4 is 16.6 Å². The molecular formula is C14H17N3O3. The Kier molecular flexibility index (Phi) is 3.31. The second-order valence-electron chi connectivity index (χ2n) is 5.29. The fourth-order valence-corrected chi connectivity index (χ4v) is 2.75. The number of H-pyrrole nitrogens is 1. The number of phenolic OH excluding ortho intramolecular Hbond substituents is 1. The molecule has 1 aliphatic rings. The molecule has 1 atom stereocenters. The van der Waals surface area contributed by atoms with Gasteiger partial charge in [0.1, 0.15) is 5.75 Å². The number of aromatic nitrogens is 2. The highest BCUT2D eigenvalue weighted by Gasteiger charge is 2.16. The van der Waals surface area contributed by atoms with Gasteiger partial charge < -0.3 is 15.4 Å². The molecule has 3 rings (SSSR count). The van der Waals surface area contributed by atoms with Crippen molar-refractivity contribution in [1.29, 1.82) is 0 Å². The minimum Gasteiger partial charge on any atom is -0.508 e. The fourth-order valence-electron chi connectivity index (χ4n) is 2.75. The van der Waals surface area contributed by atoms with Crippen molar-refractivity contribution < 1.29 is 5.11 Å². The summed E-state index contributed by atoms with van der Waals surface area (Å²) >= 11 is 0. The number of hydrogen-bond donors (Lipinski definition) is 3. The van der Waals surface area contributed by atoms with Crippen LogP contribution in [0.1, 0.15) is 12.8 Å². The first-order chi connectivity index (χ1) is 9.65. The van der Waals surface area contributed by atoms with E-state index in [1.165, 1.54) is 16.7 Å². The maximum absolute atomic E-state index is 12.4. The number of hydrogen-bond acceptors (Lipinski definition) is 4. The number of rotatable bonds is 2. The van der Waals surface area contributed by atoms with E-state index in [0.717, 1.165) is 25.9 Å². The summed E-state index contributed by atoms with van der Waals surface area (Å²) in [7, 11) is 0. The van der Waals surface area contributed by atoms with E-state index in [1.54, 1.807) is 6.07 Å². The lowest BCUT2D eigenvalue weighted by Gasteiger charge is -2.23. The third-order valence-electron chi connectivity index (χ3n) is 3.81. The SMILES string of the molecule is O=c1[nH]c2cc(O)ccc2c(=O)n1CC1CCCNC1. The smallest absolute Gasteiger partial charge is 0.328 e. The molecule has 2 heterocycles. The van der Waals surface area contributed by atoms with E-state index in [-0.39, 0.29) is 11.3 Å². The van der Waals surface area contributed by atoms with Crippen LogP contribution in [0.25, 0.3) is 10.9 Å². The van der Waals surface area contributed by atoms with E-state index in [2.05, 4.69) is 10.3 Å². The van der Waals surface area contributed by atoms with Gasteiger partial charge in [0, 0.05) is 12.6 Å². The van der Waals surface area contributed by atoms with Crippen molar-refractivity contribution in [2.24, 2.45) is 5.92 Å². The number of aromatic hydroxyl groups is 1. The normalized spacial score (nSPS) is 19.3. The van der Waals surface area contributed by atoms with Crippen molar-refractivity contribution in [3.05, 3.63) is 39.0 Å². The first-order valence-electron chi connectivity index (χ1n) is 6.82. The van der Waals surface area contributed by atoms with Crippen LogP contribution in [-0.2, 0) is 6.54 Å². The van der Waals surface area contributed by atoms with Gasteiger partial charge in [0.2, 0.25) is 0 Å². The summed E-state index contributed by atoms with van der Waals surface area (Å²) < 4.78 is 1.26. The van der Waals surface area contributed by atoms with Gasteiger partial charge in [0.15, 0.2) is 0 Å². The molecule has 6 nitrogen and oxygen atoms in total. The van der Waals surface area contributed by atoms with Crippen LogP contribution in [0, 0.1) is 5.92 Å². The number of aromatic amines is 1. The lowest BCUT2D eigenvalue weighted by Crippen LogP contribution is -2.40. The van der Waals surface area contributed by atoms with Crippen molar-refractivity contribution >= 4 is 10.9 Å². The third kappa shape index (κ3) is 2.34. The Morgan fingerprint density at radius 3 is 2.95 bits per heavy atom. The van der Waals surface area contributed by atoms with Gasteiger partial charge in [0.25, 0.3) is 5.56 Å². The van der Waals surface area contributed by atoms with E-state index in [0.29, 0.717) is 23.4 Å². The summed E-state index contributed by atoms with van der Waals surface area (Å²) in [6.07, 6.45) is 2.09. The Morgan fingerprint density at radius 1 is 1.35 bits per heavy atom. The largest absolute Gasteiger partial charge is 0.508 e. The second-order valence-corrected chi connectivity index (χ2v) is 5.29. The molecule has 0 aliphatic carbocycles. The zero-order chi connectivity index (χ0) is 14.1. The van der Waals surface area contributed by atoms with E-state index >= 15 is 0 Å². The highest BCUT2D eigenvalue weighted by Crippen LogP contribution is 2.15. The highest BCUT2D eigenvalue weighted by atomic mass is 16.3. The molecule has 0 bridgehead atoms. The van der Waals surface area contributed by atoms with Gasteiger partial charge in [-0.2, -0.15) is 0 Å². The van der Waals surface area contributed by atoms with Gasteiger partial charge in [0.05, 0.1) is 10.9 Å². The minimum atomic E-state index is -0.418. The second kappa shape index (κ2) is 5.13. The summed E-state index contributed by atoms with van der Waals surface area (Å²) in [5, 5.41) is 13.1. The molecule has 0 radical (unpaired) electrons. The maximum atomic E-state index is 12.4. The molecule has 0 saturated carbocycles. The molecule has 6 heteroatoms. The quantitative estimate of drug-likeness (QED) is 0.740. The van der Waals surface area contributed by atoms with Crippen LogP contribution in [0.2, 0.25) is 0 Å². The number of benzene rings is 1. The molecule has 0 spiro atoms. The summed E-state index contributed by atoms with van der Waals surface area (Å²) in [5.41, 5.74) is -0.342. The number of nitrogens with zero attached hydrogens (tertiary/aromatic N) is 1. The molecule has 1 unspecified atom stereocenters. The first kappa shape index (κ1) is 12.9. The van der Waals surface area contributed by atoms with Gasteiger partial charge in [-0.25, -0.2) is 4.79 Å². The van der Waals surface area contributed by atoms with Crippen molar-refractivity contribution in [2.45, 2.75) is 19.4 Å². The van der Waals surface area contributed by atoms with Gasteiger partial charge in [-0.05, 0) is 44.0 Å². The van der Waals surface area contributed by atoms with Crippen LogP contribution in [0.4, 0.5) is 0 Å². The minimum absolute atomic E-state index is 0.0294. The fraction of sp³-hybridized carbons (Fsp3) is 0.429. The van der Waals surface area contributed by atoms with Crippen molar-refractivity contribution in [3.8, 4) is 5.75 Å². The zero-order valence-corrected chi connectivity index (χ0v) is 11.1. The Bertz CT molecular complexity index is 741. The molecule has 20 heavy (non-hydrogen) atoms. The zero-order valence-electron chi connectivity index (χ0n) is 11.1. The lowest BCUT2D eigenvalue weighted by molar-refractivity contribution is 0.329. The predicted molar refractivity (Wildman–Crippen MR) is 76.1 cm³/mol. The lowest BCUT2D eigenvalue weighted by atomic mass is 10.00. The van der Waals surface area contributed by atoms with Crippen molar-refractivity contribution in [2.75, 3.05) is 13.1 Å². The maximum Gasteiger partial charge on any atom is 0.328 e. The van der Waals surface area contributed by atoms with Crippen LogP contribution >= 0.6 is 0 Å². The number of piperidine rings is 1. The molecular weight excluding hydrogens is 258 g/mol. The number of nitrogens with one attached hydrogen (secondary N) is 2. The molecule has 1 aromatic heterocycles.